The van der Waals surface area contributed by atoms with Crippen LogP contribution in [0.1, 0.15) is 22.8 Å². The third-order valence-electron chi connectivity index (χ3n) is 4.38. The van der Waals surface area contributed by atoms with Gasteiger partial charge < -0.3 is 14.2 Å². The van der Waals surface area contributed by atoms with E-state index < -0.39 is 25.1 Å². The Hall–Kier alpha value is -3.72. The highest BCUT2D eigenvalue weighted by molar-refractivity contribution is 7.14. The van der Waals surface area contributed by atoms with Gasteiger partial charge in [-0.3, -0.25) is 14.9 Å². The van der Waals surface area contributed by atoms with Crippen LogP contribution in [0.15, 0.2) is 47.8 Å². The molecule has 2 aromatic carbocycles. The van der Waals surface area contributed by atoms with Crippen LogP contribution in [0.3, 0.4) is 0 Å². The molecular formula is C23H22N2O6S. The van der Waals surface area contributed by atoms with E-state index in [1.54, 1.807) is 6.07 Å². The Balaban J connectivity index is 1.47. The molecule has 1 N–H and O–H groups in total. The first-order chi connectivity index (χ1) is 15.4. The molecule has 3 aromatic rings. The van der Waals surface area contributed by atoms with Crippen molar-refractivity contribution in [3.8, 4) is 22.8 Å². The summed E-state index contributed by atoms with van der Waals surface area (Å²) in [5.41, 5.74) is 3.30. The number of methoxy groups -OCH3 is 1. The molecule has 0 fully saturated rings. The summed E-state index contributed by atoms with van der Waals surface area (Å²) in [5.74, 6) is -0.753. The molecule has 3 rings (SSSR count). The number of nitrogens with zero attached hydrogens (tertiary/aromatic N) is 1. The van der Waals surface area contributed by atoms with Crippen LogP contribution >= 0.6 is 11.3 Å². The van der Waals surface area contributed by atoms with Crippen molar-refractivity contribution in [2.24, 2.45) is 0 Å². The molecule has 8 nitrogen and oxygen atoms in total. The number of carbonyl (C=O) groups excluding carboxylic acids is 3. The first-order valence-corrected chi connectivity index (χ1v) is 10.5. The van der Waals surface area contributed by atoms with E-state index in [1.165, 1.54) is 37.5 Å². The quantitative estimate of drug-likeness (QED) is 0.386. The number of carbonyl (C=O) groups is 3. The van der Waals surface area contributed by atoms with Gasteiger partial charge in [0.05, 0.1) is 12.8 Å². The zero-order chi connectivity index (χ0) is 23.1. The minimum atomic E-state index is -0.725. The molecule has 1 heterocycles. The van der Waals surface area contributed by atoms with Crippen LogP contribution in [0.4, 0.5) is 5.13 Å². The molecule has 0 aliphatic carbocycles. The summed E-state index contributed by atoms with van der Waals surface area (Å²) in [4.78, 5) is 39.8. The van der Waals surface area contributed by atoms with Crippen molar-refractivity contribution in [1.29, 1.82) is 0 Å². The Kier molecular flexibility index (Phi) is 7.56. The van der Waals surface area contributed by atoms with E-state index in [2.05, 4.69) is 10.3 Å². The molecule has 0 radical (unpaired) electrons. The predicted molar refractivity (Wildman–Crippen MR) is 120 cm³/mol. The molecule has 0 aliphatic rings. The first kappa shape index (κ1) is 23.0. The van der Waals surface area contributed by atoms with Gasteiger partial charge in [-0.25, -0.2) is 9.78 Å². The summed E-state index contributed by atoms with van der Waals surface area (Å²) in [6.45, 7) is 2.55. The number of ether oxygens (including phenoxy) is 3. The van der Waals surface area contributed by atoms with Crippen LogP contribution in [-0.2, 0) is 14.3 Å². The number of anilines is 1. The van der Waals surface area contributed by atoms with Crippen molar-refractivity contribution in [1.82, 2.24) is 4.98 Å². The normalized spacial score (nSPS) is 10.3. The molecule has 32 heavy (non-hydrogen) atoms. The van der Waals surface area contributed by atoms with Gasteiger partial charge in [0, 0.05) is 16.5 Å². The zero-order valence-electron chi connectivity index (χ0n) is 17.8. The summed E-state index contributed by atoms with van der Waals surface area (Å²) in [6, 6.07) is 12.5. The van der Waals surface area contributed by atoms with Crippen LogP contribution in [-0.4, -0.2) is 43.0 Å². The van der Waals surface area contributed by atoms with E-state index in [-0.39, 0.29) is 11.5 Å². The molecule has 9 heteroatoms. The summed E-state index contributed by atoms with van der Waals surface area (Å²) in [5, 5.41) is 4.85. The maximum Gasteiger partial charge on any atom is 0.344 e. The maximum atomic E-state index is 12.1. The fraction of sp³-hybridized carbons (Fsp3) is 0.217. The van der Waals surface area contributed by atoms with Crippen LogP contribution in [0.5, 0.6) is 11.5 Å². The minimum absolute atomic E-state index is 0.119. The molecule has 166 valence electrons. The number of rotatable bonds is 9. The van der Waals surface area contributed by atoms with Crippen LogP contribution in [0, 0.1) is 6.92 Å². The molecule has 0 spiro atoms. The number of Topliss-reactive ketones (excluding diaryl/α,β-unsaturated/α-hetero) is 1. The molecular weight excluding hydrogens is 432 g/mol. The van der Waals surface area contributed by atoms with Crippen molar-refractivity contribution < 1.29 is 28.6 Å². The summed E-state index contributed by atoms with van der Waals surface area (Å²) >= 11 is 1.28. The lowest BCUT2D eigenvalue weighted by Crippen LogP contribution is -2.23. The number of thiazole rings is 1. The Morgan fingerprint density at radius 3 is 2.47 bits per heavy atom. The Labute approximate surface area is 189 Å². The largest absolute Gasteiger partial charge is 0.493 e. The number of aromatic nitrogens is 1. The number of hydrogen-bond donors (Lipinski definition) is 1. The molecule has 0 aliphatic heterocycles. The van der Waals surface area contributed by atoms with Crippen LogP contribution in [0.25, 0.3) is 11.3 Å². The van der Waals surface area contributed by atoms with Crippen LogP contribution < -0.4 is 14.8 Å². The third-order valence-corrected chi connectivity index (χ3v) is 5.14. The summed E-state index contributed by atoms with van der Waals surface area (Å²) in [6.07, 6.45) is 0. The number of hydrogen-bond acceptors (Lipinski definition) is 8. The van der Waals surface area contributed by atoms with Gasteiger partial charge in [-0.05, 0) is 32.0 Å². The van der Waals surface area contributed by atoms with Gasteiger partial charge in [0.25, 0.3) is 5.91 Å². The number of ketones is 1. The smallest absolute Gasteiger partial charge is 0.344 e. The highest BCUT2D eigenvalue weighted by Gasteiger charge is 2.14. The van der Waals surface area contributed by atoms with E-state index in [0.717, 1.165) is 16.8 Å². The molecule has 0 saturated carbocycles. The lowest BCUT2D eigenvalue weighted by atomic mass is 10.1. The number of amides is 1. The minimum Gasteiger partial charge on any atom is -0.493 e. The molecule has 0 atom stereocenters. The van der Waals surface area contributed by atoms with E-state index in [0.29, 0.717) is 16.4 Å². The molecule has 0 unspecified atom stereocenters. The lowest BCUT2D eigenvalue weighted by Gasteiger charge is -2.11. The van der Waals surface area contributed by atoms with Gasteiger partial charge in [-0.1, -0.05) is 29.8 Å². The SMILES string of the molecule is COc1cc(C(C)=O)ccc1OCC(=O)OCC(=O)Nc1nc(-c2ccc(C)cc2)cs1. The Morgan fingerprint density at radius 2 is 1.78 bits per heavy atom. The molecule has 0 bridgehead atoms. The fourth-order valence-electron chi connectivity index (χ4n) is 2.67. The summed E-state index contributed by atoms with van der Waals surface area (Å²) < 4.78 is 15.5. The topological polar surface area (TPSA) is 104 Å². The Morgan fingerprint density at radius 1 is 1.03 bits per heavy atom. The van der Waals surface area contributed by atoms with E-state index in [4.69, 9.17) is 14.2 Å². The van der Waals surface area contributed by atoms with Crippen molar-refractivity contribution in [2.45, 2.75) is 13.8 Å². The first-order valence-electron chi connectivity index (χ1n) is 9.65. The second-order valence-electron chi connectivity index (χ2n) is 6.82. The van der Waals surface area contributed by atoms with E-state index >= 15 is 0 Å². The zero-order valence-corrected chi connectivity index (χ0v) is 18.7. The highest BCUT2D eigenvalue weighted by atomic mass is 32.1. The van der Waals surface area contributed by atoms with Gasteiger partial charge in [0.15, 0.2) is 35.6 Å². The van der Waals surface area contributed by atoms with Gasteiger partial charge in [0.2, 0.25) is 0 Å². The summed E-state index contributed by atoms with van der Waals surface area (Å²) in [7, 11) is 1.43. The lowest BCUT2D eigenvalue weighted by molar-refractivity contribution is -0.149. The van der Waals surface area contributed by atoms with Gasteiger partial charge in [-0.2, -0.15) is 0 Å². The molecule has 0 saturated heterocycles. The van der Waals surface area contributed by atoms with E-state index in [9.17, 15) is 14.4 Å². The number of benzene rings is 2. The standard InChI is InChI=1S/C23H22N2O6S/c1-14-4-6-16(7-5-14)18-13-32-23(24-18)25-21(27)11-31-22(28)12-30-19-9-8-17(15(2)26)10-20(19)29-3/h4-10,13H,11-12H2,1-3H3,(H,24,25,27). The third kappa shape index (κ3) is 6.14. The monoisotopic (exact) mass is 454 g/mol. The number of aryl methyl sites for hydroxylation is 1. The average Bonchev–Trinajstić information content (AvgIpc) is 3.24. The van der Waals surface area contributed by atoms with Crippen molar-refractivity contribution in [3.05, 3.63) is 59.0 Å². The fourth-order valence-corrected chi connectivity index (χ4v) is 3.41. The molecule has 1 amide bonds. The second-order valence-corrected chi connectivity index (χ2v) is 7.68. The second kappa shape index (κ2) is 10.5. The van der Waals surface area contributed by atoms with Gasteiger partial charge in [0.1, 0.15) is 0 Å². The van der Waals surface area contributed by atoms with Crippen molar-refractivity contribution in [3.63, 3.8) is 0 Å². The van der Waals surface area contributed by atoms with Crippen molar-refractivity contribution in [2.75, 3.05) is 25.6 Å². The Bertz CT molecular complexity index is 1120. The van der Waals surface area contributed by atoms with Gasteiger partial charge in [-0.15, -0.1) is 11.3 Å². The van der Waals surface area contributed by atoms with E-state index in [1.807, 2.05) is 36.6 Å². The predicted octanol–water partition coefficient (Wildman–Crippen LogP) is 3.89. The molecule has 1 aromatic heterocycles. The van der Waals surface area contributed by atoms with Crippen LogP contribution in [0.2, 0.25) is 0 Å². The number of nitrogens with one attached hydrogen (secondary N) is 1. The van der Waals surface area contributed by atoms with Crippen molar-refractivity contribution >= 4 is 34.1 Å². The highest BCUT2D eigenvalue weighted by Crippen LogP contribution is 2.28. The maximum absolute atomic E-state index is 12.1. The van der Waals surface area contributed by atoms with Gasteiger partial charge >= 0.3 is 5.97 Å². The average molecular weight is 455 g/mol. The number of esters is 1.